The Labute approximate surface area is 104 Å². The first-order valence-corrected chi connectivity index (χ1v) is 5.78. The number of aromatic nitrogens is 2. The van der Waals surface area contributed by atoms with Crippen molar-refractivity contribution in [3.63, 3.8) is 0 Å². The number of benzene rings is 1. The summed E-state index contributed by atoms with van der Waals surface area (Å²) in [6.45, 7) is 0. The molecule has 3 rings (SSSR count). The fourth-order valence-corrected chi connectivity index (χ4v) is 2.11. The maximum atomic E-state index is 5.28. The van der Waals surface area contributed by atoms with Crippen molar-refractivity contribution in [3.8, 4) is 11.3 Å². The van der Waals surface area contributed by atoms with E-state index in [2.05, 4.69) is 16.0 Å². The van der Waals surface area contributed by atoms with Gasteiger partial charge in [-0.1, -0.05) is 30.4 Å². The van der Waals surface area contributed by atoms with Gasteiger partial charge in [0.15, 0.2) is 0 Å². The Bertz CT molecular complexity index is 717. The molecule has 1 N–H and O–H groups in total. The highest BCUT2D eigenvalue weighted by Gasteiger charge is 2.00. The molecule has 3 aromatic rings. The Kier molecular flexibility index (Phi) is 2.46. The molecule has 0 aliphatic rings. The van der Waals surface area contributed by atoms with Crippen LogP contribution in [0.5, 0.6) is 0 Å². The number of aromatic amines is 1. The van der Waals surface area contributed by atoms with Gasteiger partial charge in [0.2, 0.25) is 0 Å². The molecule has 82 valence electrons. The summed E-state index contributed by atoms with van der Waals surface area (Å²) in [4.78, 5) is 7.55. The second-order valence-electron chi connectivity index (χ2n) is 3.82. The van der Waals surface area contributed by atoms with E-state index in [1.54, 1.807) is 6.20 Å². The molecule has 2 heterocycles. The van der Waals surface area contributed by atoms with E-state index in [-0.39, 0.29) is 0 Å². The van der Waals surface area contributed by atoms with Crippen molar-refractivity contribution >= 4 is 23.1 Å². The van der Waals surface area contributed by atoms with Gasteiger partial charge in [-0.3, -0.25) is 4.98 Å². The molecule has 0 atom stereocenters. The van der Waals surface area contributed by atoms with Crippen LogP contribution >= 0.6 is 12.2 Å². The number of pyridine rings is 2. The first-order valence-electron chi connectivity index (χ1n) is 5.37. The van der Waals surface area contributed by atoms with Gasteiger partial charge in [0.05, 0.1) is 5.69 Å². The first-order chi connectivity index (χ1) is 8.34. The van der Waals surface area contributed by atoms with Crippen molar-refractivity contribution < 1.29 is 0 Å². The first kappa shape index (κ1) is 10.2. The second-order valence-corrected chi connectivity index (χ2v) is 4.26. The minimum absolute atomic E-state index is 0.867. The van der Waals surface area contributed by atoms with Crippen LogP contribution < -0.4 is 0 Å². The zero-order chi connectivity index (χ0) is 11.7. The molecule has 2 nitrogen and oxygen atoms in total. The summed E-state index contributed by atoms with van der Waals surface area (Å²) in [5.41, 5.74) is 3.10. The Morgan fingerprint density at radius 2 is 2.00 bits per heavy atom. The molecule has 0 fully saturated rings. The lowest BCUT2D eigenvalue weighted by Gasteiger charge is -2.03. The summed E-state index contributed by atoms with van der Waals surface area (Å²) >= 11 is 5.28. The molecular weight excluding hydrogens is 228 g/mol. The Morgan fingerprint density at radius 3 is 2.82 bits per heavy atom. The largest absolute Gasteiger partial charge is 0.361 e. The Balaban J connectivity index is 2.25. The monoisotopic (exact) mass is 238 g/mol. The van der Waals surface area contributed by atoms with Gasteiger partial charge in [-0.15, -0.1) is 0 Å². The molecule has 0 saturated heterocycles. The third-order valence-electron chi connectivity index (χ3n) is 2.72. The number of nitrogens with zero attached hydrogens (tertiary/aromatic N) is 1. The third-order valence-corrected chi connectivity index (χ3v) is 3.08. The zero-order valence-electron chi connectivity index (χ0n) is 9.05. The van der Waals surface area contributed by atoms with Gasteiger partial charge in [0.25, 0.3) is 0 Å². The molecule has 0 aliphatic carbocycles. The van der Waals surface area contributed by atoms with Gasteiger partial charge < -0.3 is 4.98 Å². The van der Waals surface area contributed by atoms with Crippen LogP contribution in [0.3, 0.4) is 0 Å². The summed E-state index contributed by atoms with van der Waals surface area (Å²) < 4.78 is 0.867. The SMILES string of the molecule is S=c1cc[nH]c2cc(-c3ccccn3)ccc12. The fraction of sp³-hybridized carbons (Fsp3) is 0. The summed E-state index contributed by atoms with van der Waals surface area (Å²) in [5, 5.41) is 1.07. The lowest BCUT2D eigenvalue weighted by atomic mass is 10.1. The maximum Gasteiger partial charge on any atom is 0.0702 e. The molecule has 0 radical (unpaired) electrons. The second kappa shape index (κ2) is 4.11. The average molecular weight is 238 g/mol. The lowest BCUT2D eigenvalue weighted by molar-refractivity contribution is 1.32. The van der Waals surface area contributed by atoms with E-state index in [0.717, 1.165) is 26.7 Å². The van der Waals surface area contributed by atoms with Crippen molar-refractivity contribution in [2.45, 2.75) is 0 Å². The fourth-order valence-electron chi connectivity index (χ4n) is 1.87. The van der Waals surface area contributed by atoms with Crippen LogP contribution in [-0.2, 0) is 0 Å². The minimum atomic E-state index is 0.867. The summed E-state index contributed by atoms with van der Waals surface area (Å²) in [7, 11) is 0. The highest BCUT2D eigenvalue weighted by molar-refractivity contribution is 7.71. The van der Waals surface area contributed by atoms with Crippen molar-refractivity contribution in [2.75, 3.05) is 0 Å². The van der Waals surface area contributed by atoms with Gasteiger partial charge >= 0.3 is 0 Å². The summed E-state index contributed by atoms with van der Waals surface area (Å²) in [5.74, 6) is 0. The number of fused-ring (bicyclic) bond motifs is 1. The van der Waals surface area contributed by atoms with Crippen molar-refractivity contribution in [3.05, 3.63) is 59.4 Å². The van der Waals surface area contributed by atoms with Crippen LogP contribution in [-0.4, -0.2) is 9.97 Å². The average Bonchev–Trinajstić information content (AvgIpc) is 2.40. The van der Waals surface area contributed by atoms with Crippen molar-refractivity contribution in [1.29, 1.82) is 0 Å². The number of H-pyrrole nitrogens is 1. The van der Waals surface area contributed by atoms with Crippen LogP contribution in [0.25, 0.3) is 22.2 Å². The van der Waals surface area contributed by atoms with Crippen LogP contribution in [0, 0.1) is 4.51 Å². The van der Waals surface area contributed by atoms with Gasteiger partial charge in [-0.25, -0.2) is 0 Å². The summed E-state index contributed by atoms with van der Waals surface area (Å²) in [6.07, 6.45) is 3.67. The normalized spacial score (nSPS) is 10.6. The predicted octanol–water partition coefficient (Wildman–Crippen LogP) is 3.96. The standard InChI is InChI=1S/C14H10N2S/c17-14-6-8-16-13-9-10(4-5-11(13)14)12-3-1-2-7-15-12/h1-9H,(H,16,17). The van der Waals surface area contributed by atoms with E-state index in [9.17, 15) is 0 Å². The smallest absolute Gasteiger partial charge is 0.0702 e. The van der Waals surface area contributed by atoms with Gasteiger partial charge in [0, 0.05) is 33.4 Å². The Morgan fingerprint density at radius 1 is 1.06 bits per heavy atom. The van der Waals surface area contributed by atoms with Crippen LogP contribution in [0.2, 0.25) is 0 Å². The lowest BCUT2D eigenvalue weighted by Crippen LogP contribution is -1.84. The van der Waals surface area contributed by atoms with Gasteiger partial charge in [0.1, 0.15) is 0 Å². The number of rotatable bonds is 1. The van der Waals surface area contributed by atoms with Crippen molar-refractivity contribution in [2.24, 2.45) is 0 Å². The van der Waals surface area contributed by atoms with Crippen LogP contribution in [0.4, 0.5) is 0 Å². The third kappa shape index (κ3) is 1.85. The summed E-state index contributed by atoms with van der Waals surface area (Å²) in [6, 6.07) is 14.0. The molecule has 17 heavy (non-hydrogen) atoms. The molecule has 2 aromatic heterocycles. The highest BCUT2D eigenvalue weighted by Crippen LogP contribution is 2.21. The molecule has 3 heteroatoms. The molecule has 1 aromatic carbocycles. The molecule has 0 spiro atoms. The highest BCUT2D eigenvalue weighted by atomic mass is 32.1. The molecule has 0 amide bonds. The van der Waals surface area contributed by atoms with Crippen LogP contribution in [0.1, 0.15) is 0 Å². The van der Waals surface area contributed by atoms with Crippen LogP contribution in [0.15, 0.2) is 54.9 Å². The van der Waals surface area contributed by atoms with Crippen molar-refractivity contribution in [1.82, 2.24) is 9.97 Å². The van der Waals surface area contributed by atoms with E-state index in [0.29, 0.717) is 0 Å². The van der Waals surface area contributed by atoms with E-state index in [1.165, 1.54) is 0 Å². The predicted molar refractivity (Wildman–Crippen MR) is 72.4 cm³/mol. The molecule has 0 bridgehead atoms. The van der Waals surface area contributed by atoms with Gasteiger partial charge in [-0.05, 0) is 24.3 Å². The molecule has 0 aliphatic heterocycles. The minimum Gasteiger partial charge on any atom is -0.361 e. The number of hydrogen-bond acceptors (Lipinski definition) is 2. The van der Waals surface area contributed by atoms with E-state index in [4.69, 9.17) is 12.2 Å². The topological polar surface area (TPSA) is 28.7 Å². The number of nitrogens with one attached hydrogen (secondary N) is 1. The molecule has 0 saturated carbocycles. The van der Waals surface area contributed by atoms with E-state index >= 15 is 0 Å². The zero-order valence-corrected chi connectivity index (χ0v) is 9.87. The molecular formula is C14H10N2S. The van der Waals surface area contributed by atoms with Gasteiger partial charge in [-0.2, -0.15) is 0 Å². The quantitative estimate of drug-likeness (QED) is 0.650. The van der Waals surface area contributed by atoms with E-state index in [1.807, 2.05) is 42.6 Å². The Hall–Kier alpha value is -2.00. The molecule has 0 unspecified atom stereocenters. The van der Waals surface area contributed by atoms with E-state index < -0.39 is 0 Å². The number of hydrogen-bond donors (Lipinski definition) is 1. The maximum absolute atomic E-state index is 5.28.